The standard InChI is InChI=1S/C34H46N4O5/c1-5-38(28-10-13-42-14-11-28)31-18-27(26-8-6-25(7-9-26)20-37-12-15-43-21-32(37)39)17-29(24(31)4)33(40)35-19-30-22(2)16-23(3)36-34(30)41/h6-9,17-18,22-23,28,30H,5,10-16,19-21H2,1-4H3,(H,35,40)(H,36,41). The van der Waals surface area contributed by atoms with Crippen LogP contribution in [-0.4, -0.2) is 80.8 Å². The average molecular weight is 591 g/mol. The smallest absolute Gasteiger partial charge is 0.251 e. The van der Waals surface area contributed by atoms with Crippen LogP contribution in [-0.2, 0) is 25.6 Å². The van der Waals surface area contributed by atoms with E-state index in [1.165, 1.54) is 0 Å². The Kier molecular flexibility index (Phi) is 10.0. The molecule has 3 saturated heterocycles. The predicted molar refractivity (Wildman–Crippen MR) is 167 cm³/mol. The van der Waals surface area contributed by atoms with Crippen LogP contribution in [0.4, 0.5) is 5.69 Å². The van der Waals surface area contributed by atoms with Gasteiger partial charge in [0.15, 0.2) is 0 Å². The Bertz CT molecular complexity index is 1310. The van der Waals surface area contributed by atoms with Gasteiger partial charge >= 0.3 is 0 Å². The van der Waals surface area contributed by atoms with E-state index in [1.54, 1.807) is 0 Å². The van der Waals surface area contributed by atoms with Crippen molar-refractivity contribution in [2.75, 3.05) is 51.0 Å². The summed E-state index contributed by atoms with van der Waals surface area (Å²) in [7, 11) is 0. The number of hydrogen-bond acceptors (Lipinski definition) is 6. The fraction of sp³-hybridized carbons (Fsp3) is 0.559. The van der Waals surface area contributed by atoms with Gasteiger partial charge < -0.3 is 29.9 Å². The molecule has 3 heterocycles. The predicted octanol–water partition coefficient (Wildman–Crippen LogP) is 3.92. The summed E-state index contributed by atoms with van der Waals surface area (Å²) >= 11 is 0. The van der Waals surface area contributed by atoms with Gasteiger partial charge in [0.25, 0.3) is 5.91 Å². The Balaban J connectivity index is 1.43. The van der Waals surface area contributed by atoms with Gasteiger partial charge in [0.2, 0.25) is 11.8 Å². The lowest BCUT2D eigenvalue weighted by atomic mass is 9.84. The van der Waals surface area contributed by atoms with Crippen molar-refractivity contribution in [3.05, 3.63) is 53.1 Å². The van der Waals surface area contributed by atoms with E-state index < -0.39 is 0 Å². The normalized spacial score (nSPS) is 23.2. The molecule has 0 aromatic heterocycles. The third kappa shape index (κ3) is 7.21. The van der Waals surface area contributed by atoms with Gasteiger partial charge in [-0.25, -0.2) is 0 Å². The van der Waals surface area contributed by atoms with E-state index in [-0.39, 0.29) is 42.2 Å². The van der Waals surface area contributed by atoms with Crippen LogP contribution in [0.15, 0.2) is 36.4 Å². The van der Waals surface area contributed by atoms with Crippen LogP contribution in [0.3, 0.4) is 0 Å². The Morgan fingerprint density at radius 2 is 1.79 bits per heavy atom. The van der Waals surface area contributed by atoms with Crippen molar-refractivity contribution in [3.8, 4) is 11.1 Å². The zero-order valence-corrected chi connectivity index (χ0v) is 26.0. The van der Waals surface area contributed by atoms with E-state index in [2.05, 4.69) is 59.7 Å². The highest BCUT2D eigenvalue weighted by Gasteiger charge is 2.33. The molecule has 3 atom stereocenters. The molecule has 2 N–H and O–H groups in total. The van der Waals surface area contributed by atoms with Crippen molar-refractivity contribution in [3.63, 3.8) is 0 Å². The number of nitrogens with zero attached hydrogens (tertiary/aromatic N) is 2. The highest BCUT2D eigenvalue weighted by atomic mass is 16.5. The number of ether oxygens (including phenoxy) is 2. The second-order valence-electron chi connectivity index (χ2n) is 12.3. The third-order valence-corrected chi connectivity index (χ3v) is 9.27. The van der Waals surface area contributed by atoms with E-state index in [9.17, 15) is 14.4 Å². The average Bonchev–Trinajstić information content (AvgIpc) is 3.00. The maximum Gasteiger partial charge on any atom is 0.251 e. The second kappa shape index (κ2) is 13.9. The van der Waals surface area contributed by atoms with Gasteiger partial charge in [0.05, 0.1) is 12.5 Å². The zero-order valence-electron chi connectivity index (χ0n) is 26.0. The maximum atomic E-state index is 13.8. The lowest BCUT2D eigenvalue weighted by Gasteiger charge is -2.37. The summed E-state index contributed by atoms with van der Waals surface area (Å²) in [5.41, 5.74) is 5.63. The van der Waals surface area contributed by atoms with Crippen molar-refractivity contribution in [2.24, 2.45) is 11.8 Å². The number of carbonyl (C=O) groups excluding carboxylic acids is 3. The van der Waals surface area contributed by atoms with Crippen molar-refractivity contribution in [1.29, 1.82) is 0 Å². The number of carbonyl (C=O) groups is 3. The van der Waals surface area contributed by atoms with Crippen LogP contribution in [0.25, 0.3) is 11.1 Å². The molecule has 0 aliphatic carbocycles. The summed E-state index contributed by atoms with van der Waals surface area (Å²) in [6, 6.07) is 12.9. The van der Waals surface area contributed by atoms with Gasteiger partial charge in [-0.3, -0.25) is 14.4 Å². The van der Waals surface area contributed by atoms with Gasteiger partial charge in [0, 0.05) is 62.7 Å². The monoisotopic (exact) mass is 590 g/mol. The first-order valence-electron chi connectivity index (χ1n) is 15.8. The number of benzene rings is 2. The molecule has 3 aliphatic rings. The minimum Gasteiger partial charge on any atom is -0.381 e. The Morgan fingerprint density at radius 3 is 2.47 bits per heavy atom. The first kappa shape index (κ1) is 31.0. The third-order valence-electron chi connectivity index (χ3n) is 9.27. The first-order chi connectivity index (χ1) is 20.7. The highest BCUT2D eigenvalue weighted by Crippen LogP contribution is 2.34. The number of nitrogens with one attached hydrogen (secondary N) is 2. The van der Waals surface area contributed by atoms with Gasteiger partial charge in [-0.1, -0.05) is 31.2 Å². The molecule has 3 aliphatic heterocycles. The number of anilines is 1. The molecule has 0 spiro atoms. The lowest BCUT2D eigenvalue weighted by Crippen LogP contribution is -2.50. The van der Waals surface area contributed by atoms with Gasteiger partial charge in [0.1, 0.15) is 6.61 Å². The summed E-state index contributed by atoms with van der Waals surface area (Å²) in [4.78, 5) is 42.9. The molecule has 2 aromatic carbocycles. The molecule has 3 fully saturated rings. The molecular formula is C34H46N4O5. The summed E-state index contributed by atoms with van der Waals surface area (Å²) in [6.07, 6.45) is 2.79. The topological polar surface area (TPSA) is 100 Å². The van der Waals surface area contributed by atoms with E-state index >= 15 is 0 Å². The molecule has 0 bridgehead atoms. The van der Waals surface area contributed by atoms with Crippen molar-refractivity contribution in [1.82, 2.24) is 15.5 Å². The minimum absolute atomic E-state index is 0.00764. The van der Waals surface area contributed by atoms with Crippen LogP contribution in [0.1, 0.15) is 61.5 Å². The number of rotatable bonds is 9. The quantitative estimate of drug-likeness (QED) is 0.460. The maximum absolute atomic E-state index is 13.8. The van der Waals surface area contributed by atoms with Crippen molar-refractivity contribution < 1.29 is 23.9 Å². The molecule has 9 nitrogen and oxygen atoms in total. The Morgan fingerprint density at radius 1 is 1.05 bits per heavy atom. The van der Waals surface area contributed by atoms with Crippen LogP contribution in [0.5, 0.6) is 0 Å². The van der Waals surface area contributed by atoms with Crippen LogP contribution < -0.4 is 15.5 Å². The summed E-state index contributed by atoms with van der Waals surface area (Å²) < 4.78 is 10.9. The fourth-order valence-electron chi connectivity index (χ4n) is 6.74. The fourth-order valence-corrected chi connectivity index (χ4v) is 6.74. The molecule has 5 rings (SSSR count). The molecule has 43 heavy (non-hydrogen) atoms. The van der Waals surface area contributed by atoms with Crippen LogP contribution in [0, 0.1) is 18.8 Å². The molecular weight excluding hydrogens is 544 g/mol. The Hall–Kier alpha value is -3.43. The molecule has 9 heteroatoms. The number of morpholine rings is 1. The molecule has 2 aromatic rings. The van der Waals surface area contributed by atoms with Crippen LogP contribution in [0.2, 0.25) is 0 Å². The highest BCUT2D eigenvalue weighted by molar-refractivity contribution is 5.99. The number of amides is 3. The van der Waals surface area contributed by atoms with E-state index in [0.717, 1.165) is 67.0 Å². The summed E-state index contributed by atoms with van der Waals surface area (Å²) in [5.74, 6) is -0.194. The zero-order chi connectivity index (χ0) is 30.5. The van der Waals surface area contributed by atoms with Crippen molar-refractivity contribution >= 4 is 23.4 Å². The van der Waals surface area contributed by atoms with E-state index in [0.29, 0.717) is 37.8 Å². The molecule has 3 amide bonds. The van der Waals surface area contributed by atoms with Crippen molar-refractivity contribution in [2.45, 2.75) is 65.6 Å². The largest absolute Gasteiger partial charge is 0.381 e. The number of hydrogen-bond donors (Lipinski definition) is 2. The van der Waals surface area contributed by atoms with Crippen LogP contribution >= 0.6 is 0 Å². The first-order valence-corrected chi connectivity index (χ1v) is 15.8. The summed E-state index contributed by atoms with van der Waals surface area (Å²) in [5, 5.41) is 6.13. The van der Waals surface area contributed by atoms with E-state index in [1.807, 2.05) is 24.8 Å². The Labute approximate surface area is 255 Å². The minimum atomic E-state index is -0.247. The van der Waals surface area contributed by atoms with Gasteiger partial charge in [-0.05, 0) is 80.3 Å². The van der Waals surface area contributed by atoms with Gasteiger partial charge in [-0.2, -0.15) is 0 Å². The summed E-state index contributed by atoms with van der Waals surface area (Å²) in [6.45, 7) is 12.7. The SMILES string of the molecule is CCN(c1cc(-c2ccc(CN3CCOCC3=O)cc2)cc(C(=O)NCC2C(=O)NC(C)CC2C)c1C)C1CCOCC1. The van der Waals surface area contributed by atoms with Gasteiger partial charge in [-0.15, -0.1) is 0 Å². The molecule has 0 radical (unpaired) electrons. The van der Waals surface area contributed by atoms with E-state index in [4.69, 9.17) is 9.47 Å². The number of piperidine rings is 1. The molecule has 232 valence electrons. The molecule has 0 saturated carbocycles. The second-order valence-corrected chi connectivity index (χ2v) is 12.3. The lowest BCUT2D eigenvalue weighted by molar-refractivity contribution is -0.143. The molecule has 3 unspecified atom stereocenters.